The van der Waals surface area contributed by atoms with Crippen molar-refractivity contribution in [1.82, 2.24) is 30.2 Å². The molecule has 3 N–H and O–H groups in total. The summed E-state index contributed by atoms with van der Waals surface area (Å²) in [6.07, 6.45) is 1.42. The van der Waals surface area contributed by atoms with E-state index in [9.17, 15) is 9.59 Å². The lowest BCUT2D eigenvalue weighted by atomic mass is 9.98. The number of carbonyl (C=O) groups excluding carboxylic acids is 1. The van der Waals surface area contributed by atoms with Crippen molar-refractivity contribution >= 4 is 29.2 Å². The van der Waals surface area contributed by atoms with Crippen LogP contribution in [0.15, 0.2) is 65.5 Å². The smallest absolute Gasteiger partial charge is 0.264 e. The van der Waals surface area contributed by atoms with Crippen molar-refractivity contribution in [3.8, 4) is 22.5 Å². The zero-order valence-electron chi connectivity index (χ0n) is 20.4. The first kappa shape index (κ1) is 25.7. The average molecular weight is 516 g/mol. The molecule has 0 atom stereocenters. The minimum Gasteiger partial charge on any atom is -0.365 e. The van der Waals surface area contributed by atoms with E-state index in [4.69, 9.17) is 10.7 Å². The normalized spacial score (nSPS) is 10.9. The summed E-state index contributed by atoms with van der Waals surface area (Å²) in [5.41, 5.74) is 11.3. The lowest BCUT2D eigenvalue weighted by Gasteiger charge is -2.16. The first-order valence-corrected chi connectivity index (χ1v) is 11.8. The van der Waals surface area contributed by atoms with Gasteiger partial charge in [-0.3, -0.25) is 14.6 Å². The van der Waals surface area contributed by atoms with Gasteiger partial charge in [0.25, 0.3) is 11.5 Å². The van der Waals surface area contributed by atoms with Crippen molar-refractivity contribution in [1.29, 1.82) is 0 Å². The van der Waals surface area contributed by atoms with Gasteiger partial charge in [0.2, 0.25) is 5.82 Å². The zero-order chi connectivity index (χ0) is 25.2. The third-order valence-electron chi connectivity index (χ3n) is 6.31. The highest BCUT2D eigenvalue weighted by Gasteiger charge is 2.17. The topological polar surface area (TPSA) is 132 Å². The van der Waals surface area contributed by atoms with Crippen molar-refractivity contribution in [2.24, 2.45) is 5.73 Å². The van der Waals surface area contributed by atoms with Gasteiger partial charge in [-0.15, -0.1) is 22.6 Å². The van der Waals surface area contributed by atoms with Crippen LogP contribution in [0.1, 0.15) is 41.2 Å². The van der Waals surface area contributed by atoms with E-state index in [-0.39, 0.29) is 18.0 Å². The van der Waals surface area contributed by atoms with E-state index in [1.165, 1.54) is 0 Å². The molecule has 0 saturated carbocycles. The monoisotopic (exact) mass is 515 g/mol. The largest absolute Gasteiger partial charge is 0.365 e. The van der Waals surface area contributed by atoms with E-state index in [0.717, 1.165) is 51.0 Å². The van der Waals surface area contributed by atoms with Crippen molar-refractivity contribution in [2.75, 3.05) is 0 Å². The fraction of sp³-hybridized carbons (Fsp3) is 0.185. The molecule has 5 aromatic rings. The molecule has 0 aliphatic heterocycles. The molecule has 5 rings (SSSR count). The number of H-pyrrole nitrogens is 1. The van der Waals surface area contributed by atoms with Gasteiger partial charge in [0.15, 0.2) is 0 Å². The minimum absolute atomic E-state index is 0. The third-order valence-corrected chi connectivity index (χ3v) is 6.31. The highest BCUT2D eigenvalue weighted by atomic mass is 35.5. The number of hydrogen-bond donors (Lipinski definition) is 2. The number of primary amides is 1. The summed E-state index contributed by atoms with van der Waals surface area (Å²) in [5, 5.41) is 15.1. The molecular weight excluding hydrogens is 490 g/mol. The summed E-state index contributed by atoms with van der Waals surface area (Å²) in [6.45, 7) is 4.32. The summed E-state index contributed by atoms with van der Waals surface area (Å²) < 4.78 is 1.62. The number of pyridine rings is 2. The maximum Gasteiger partial charge on any atom is 0.264 e. The van der Waals surface area contributed by atoms with Crippen LogP contribution in [0.2, 0.25) is 0 Å². The molecule has 0 radical (unpaired) electrons. The molecule has 3 aromatic heterocycles. The number of benzene rings is 2. The number of halogens is 1. The number of aromatic amines is 1. The van der Waals surface area contributed by atoms with E-state index < -0.39 is 11.5 Å². The lowest BCUT2D eigenvalue weighted by Crippen LogP contribution is -2.30. The first-order valence-electron chi connectivity index (χ1n) is 11.8. The standard InChI is InChI=1S/C27H25N7O2.ClH/c1-3-18-13-24-21(23(4-2)29-18)14-22(25(28)35)27(36)34(24)15-16-9-11-17(12-10-16)19-7-5-6-8-20(19)26-30-32-33-31-26;/h5-14H,3-4,15H2,1-2H3,(H2,28,35)(H,30,31,32,33);1H. The Balaban J connectivity index is 0.00000320. The van der Waals surface area contributed by atoms with Crippen LogP contribution in [0.3, 0.4) is 0 Å². The molecule has 37 heavy (non-hydrogen) atoms. The van der Waals surface area contributed by atoms with Crippen molar-refractivity contribution < 1.29 is 4.79 Å². The Hall–Kier alpha value is -4.37. The number of nitrogens with two attached hydrogens (primary N) is 1. The van der Waals surface area contributed by atoms with Crippen LogP contribution in [-0.2, 0) is 19.4 Å². The number of aromatic nitrogens is 6. The van der Waals surface area contributed by atoms with Gasteiger partial charge in [0.1, 0.15) is 5.56 Å². The zero-order valence-corrected chi connectivity index (χ0v) is 21.2. The predicted molar refractivity (Wildman–Crippen MR) is 145 cm³/mol. The van der Waals surface area contributed by atoms with Gasteiger partial charge in [0.05, 0.1) is 12.1 Å². The molecule has 0 bridgehead atoms. The number of nitrogens with one attached hydrogen (secondary N) is 1. The number of rotatable bonds is 7. The van der Waals surface area contributed by atoms with Crippen LogP contribution in [0, 0.1) is 0 Å². The Morgan fingerprint density at radius 1 is 1.00 bits per heavy atom. The Morgan fingerprint density at radius 2 is 1.73 bits per heavy atom. The van der Waals surface area contributed by atoms with Crippen LogP contribution >= 0.6 is 12.4 Å². The molecule has 9 nitrogen and oxygen atoms in total. The maximum absolute atomic E-state index is 13.3. The second-order valence-electron chi connectivity index (χ2n) is 8.49. The molecule has 0 aliphatic carbocycles. The van der Waals surface area contributed by atoms with Crippen LogP contribution in [0.5, 0.6) is 0 Å². The number of fused-ring (bicyclic) bond motifs is 1. The van der Waals surface area contributed by atoms with Gasteiger partial charge in [-0.05, 0) is 46.9 Å². The van der Waals surface area contributed by atoms with Gasteiger partial charge in [-0.1, -0.05) is 62.4 Å². The van der Waals surface area contributed by atoms with Crippen LogP contribution < -0.4 is 11.3 Å². The number of carbonyl (C=O) groups is 1. The van der Waals surface area contributed by atoms with Gasteiger partial charge < -0.3 is 10.3 Å². The summed E-state index contributed by atoms with van der Waals surface area (Å²) >= 11 is 0. The predicted octanol–water partition coefficient (Wildman–Crippen LogP) is 3.94. The fourth-order valence-corrected chi connectivity index (χ4v) is 4.45. The van der Waals surface area contributed by atoms with E-state index in [1.54, 1.807) is 10.6 Å². The second kappa shape index (κ2) is 10.7. The molecule has 188 valence electrons. The first-order chi connectivity index (χ1) is 17.5. The van der Waals surface area contributed by atoms with Gasteiger partial charge in [0, 0.05) is 22.3 Å². The quantitative estimate of drug-likeness (QED) is 0.337. The molecule has 2 aromatic carbocycles. The van der Waals surface area contributed by atoms with Gasteiger partial charge in [-0.25, -0.2) is 0 Å². The van der Waals surface area contributed by atoms with Crippen molar-refractivity contribution in [3.63, 3.8) is 0 Å². The third kappa shape index (κ3) is 4.85. The summed E-state index contributed by atoms with van der Waals surface area (Å²) in [7, 11) is 0. The van der Waals surface area contributed by atoms with E-state index in [0.29, 0.717) is 18.8 Å². The second-order valence-corrected chi connectivity index (χ2v) is 8.49. The number of nitrogens with zero attached hydrogens (tertiary/aromatic N) is 5. The molecule has 10 heteroatoms. The van der Waals surface area contributed by atoms with Gasteiger partial charge in [-0.2, -0.15) is 5.21 Å². The lowest BCUT2D eigenvalue weighted by molar-refractivity contribution is 0.0998. The summed E-state index contributed by atoms with van der Waals surface area (Å²) in [6, 6.07) is 19.3. The summed E-state index contributed by atoms with van der Waals surface area (Å²) in [5.74, 6) is -0.228. The van der Waals surface area contributed by atoms with Gasteiger partial charge >= 0.3 is 0 Å². The van der Waals surface area contributed by atoms with Crippen LogP contribution in [-0.4, -0.2) is 36.1 Å². The highest BCUT2D eigenvalue weighted by molar-refractivity contribution is 5.97. The molecular formula is C27H26ClN7O2. The number of aryl methyl sites for hydroxylation is 2. The Morgan fingerprint density at radius 3 is 2.35 bits per heavy atom. The minimum atomic E-state index is -0.745. The number of tetrazole rings is 1. The van der Waals surface area contributed by atoms with E-state index in [2.05, 4.69) is 20.6 Å². The molecule has 0 spiro atoms. The Kier molecular flexibility index (Phi) is 7.45. The fourth-order valence-electron chi connectivity index (χ4n) is 4.45. The molecule has 3 heterocycles. The van der Waals surface area contributed by atoms with E-state index >= 15 is 0 Å². The van der Waals surface area contributed by atoms with Crippen LogP contribution in [0.4, 0.5) is 0 Å². The molecule has 0 saturated heterocycles. The molecule has 1 amide bonds. The molecule has 0 unspecified atom stereocenters. The molecule has 0 fully saturated rings. The van der Waals surface area contributed by atoms with Crippen molar-refractivity contribution in [2.45, 2.75) is 33.2 Å². The Labute approximate surface area is 219 Å². The van der Waals surface area contributed by atoms with Crippen LogP contribution in [0.25, 0.3) is 33.4 Å². The average Bonchev–Trinajstić information content (AvgIpc) is 3.44. The van der Waals surface area contributed by atoms with Crippen molar-refractivity contribution in [3.05, 3.63) is 93.5 Å². The number of amides is 1. The number of hydrogen-bond acceptors (Lipinski definition) is 6. The van der Waals surface area contributed by atoms with E-state index in [1.807, 2.05) is 68.4 Å². The summed E-state index contributed by atoms with van der Waals surface area (Å²) in [4.78, 5) is 30.1. The molecule has 0 aliphatic rings. The maximum atomic E-state index is 13.3. The SMILES string of the molecule is CCc1cc2c(cc(C(N)=O)c(=O)n2Cc2ccc(-c3ccccc3-c3nn[nH]n3)cc2)c(CC)n1.Cl. The Bertz CT molecular complexity index is 1630. The highest BCUT2D eigenvalue weighted by Crippen LogP contribution is 2.30.